The Kier molecular flexibility index (Phi) is 7.05. The average molecular weight is 321 g/mol. The van der Waals surface area contributed by atoms with Crippen LogP contribution in [0.15, 0.2) is 24.3 Å². The van der Waals surface area contributed by atoms with Gasteiger partial charge in [0.05, 0.1) is 12.2 Å². The molecule has 0 aromatic heterocycles. The quantitative estimate of drug-likeness (QED) is 0.666. The first-order valence-corrected chi connectivity index (χ1v) is 7.47. The average Bonchev–Trinajstić information content (AvgIpc) is 2.46. The lowest BCUT2D eigenvalue weighted by molar-refractivity contribution is -0.118. The number of rotatable bonds is 7. The molecule has 4 N–H and O–H groups in total. The Morgan fingerprint density at radius 1 is 1.17 bits per heavy atom. The van der Waals surface area contributed by atoms with Gasteiger partial charge in [0.25, 0.3) is 0 Å². The van der Waals surface area contributed by atoms with Gasteiger partial charge in [-0.25, -0.2) is 9.59 Å². The Labute approximate surface area is 135 Å². The van der Waals surface area contributed by atoms with Gasteiger partial charge < -0.3 is 21.1 Å². The van der Waals surface area contributed by atoms with Gasteiger partial charge in [-0.15, -0.1) is 0 Å². The summed E-state index contributed by atoms with van der Waals surface area (Å²) in [5.41, 5.74) is 6.02. The predicted octanol–water partition coefficient (Wildman–Crippen LogP) is 1.88. The summed E-state index contributed by atoms with van der Waals surface area (Å²) in [6.07, 6.45) is 0.468. The van der Waals surface area contributed by atoms with Gasteiger partial charge in [0.15, 0.2) is 0 Å². The highest BCUT2D eigenvalue weighted by atomic mass is 16.5. The summed E-state index contributed by atoms with van der Waals surface area (Å²) in [4.78, 5) is 34.8. The third kappa shape index (κ3) is 6.37. The van der Waals surface area contributed by atoms with Crippen molar-refractivity contribution in [1.29, 1.82) is 0 Å². The maximum Gasteiger partial charge on any atom is 0.338 e. The van der Waals surface area contributed by atoms with Gasteiger partial charge in [-0.1, -0.05) is 13.8 Å². The zero-order valence-electron chi connectivity index (χ0n) is 13.6. The summed E-state index contributed by atoms with van der Waals surface area (Å²) < 4.78 is 4.89. The highest BCUT2D eigenvalue weighted by Gasteiger charge is 2.21. The van der Waals surface area contributed by atoms with E-state index in [9.17, 15) is 14.4 Å². The first kappa shape index (κ1) is 18.5. The van der Waals surface area contributed by atoms with Crippen molar-refractivity contribution in [3.63, 3.8) is 0 Å². The Morgan fingerprint density at radius 3 is 2.26 bits per heavy atom. The molecule has 1 aromatic carbocycles. The maximum absolute atomic E-state index is 12.2. The Hall–Kier alpha value is -2.57. The molecule has 7 nitrogen and oxygen atoms in total. The van der Waals surface area contributed by atoms with Gasteiger partial charge in [-0.3, -0.25) is 4.79 Å². The molecule has 0 saturated heterocycles. The number of carbonyl (C=O) groups is 3. The van der Waals surface area contributed by atoms with E-state index in [0.29, 0.717) is 24.3 Å². The molecule has 0 aliphatic rings. The fourth-order valence-electron chi connectivity index (χ4n) is 2.01. The second-order valence-electron chi connectivity index (χ2n) is 5.48. The van der Waals surface area contributed by atoms with E-state index in [1.807, 2.05) is 13.8 Å². The number of urea groups is 1. The number of ether oxygens (including phenoxy) is 1. The van der Waals surface area contributed by atoms with Crippen molar-refractivity contribution in [2.45, 2.75) is 33.2 Å². The fourth-order valence-corrected chi connectivity index (χ4v) is 2.01. The lowest BCUT2D eigenvalue weighted by Crippen LogP contribution is -2.46. The first-order chi connectivity index (χ1) is 10.8. The molecule has 0 aliphatic carbocycles. The molecule has 0 spiro atoms. The normalized spacial score (nSPS) is 11.7. The van der Waals surface area contributed by atoms with Gasteiger partial charge >= 0.3 is 12.0 Å². The molecule has 0 bridgehead atoms. The standard InChI is InChI=1S/C16H23N3O4/c1-4-23-15(21)11-5-7-12(8-6-11)18-14(20)13(9-10(2)3)19-16(17)22/h5-8,10,13H,4,9H2,1-3H3,(H,18,20)(H3,17,19,22). The summed E-state index contributed by atoms with van der Waals surface area (Å²) in [7, 11) is 0. The van der Waals surface area contributed by atoms with E-state index in [0.717, 1.165) is 0 Å². The van der Waals surface area contributed by atoms with Crippen LogP contribution in [-0.2, 0) is 9.53 Å². The maximum atomic E-state index is 12.2. The van der Waals surface area contributed by atoms with Crippen LogP contribution in [0.2, 0.25) is 0 Å². The molecule has 3 amide bonds. The second kappa shape index (κ2) is 8.77. The number of hydrogen-bond donors (Lipinski definition) is 3. The van der Waals surface area contributed by atoms with Gasteiger partial charge in [0.1, 0.15) is 6.04 Å². The summed E-state index contributed by atoms with van der Waals surface area (Å²) in [5, 5.41) is 5.12. The minimum atomic E-state index is -0.747. The molecule has 0 aliphatic heterocycles. The molecule has 0 fully saturated rings. The van der Waals surface area contributed by atoms with Crippen molar-refractivity contribution in [2.75, 3.05) is 11.9 Å². The lowest BCUT2D eigenvalue weighted by Gasteiger charge is -2.19. The number of hydrogen-bond acceptors (Lipinski definition) is 4. The zero-order valence-corrected chi connectivity index (χ0v) is 13.6. The molecule has 23 heavy (non-hydrogen) atoms. The molecule has 0 saturated carbocycles. The van der Waals surface area contributed by atoms with Crippen LogP contribution in [0.25, 0.3) is 0 Å². The Bertz CT molecular complexity index is 555. The predicted molar refractivity (Wildman–Crippen MR) is 87.0 cm³/mol. The van der Waals surface area contributed by atoms with E-state index in [1.165, 1.54) is 0 Å². The number of nitrogens with one attached hydrogen (secondary N) is 2. The van der Waals surface area contributed by atoms with Crippen LogP contribution < -0.4 is 16.4 Å². The number of nitrogens with two attached hydrogens (primary N) is 1. The first-order valence-electron chi connectivity index (χ1n) is 7.47. The number of carbonyl (C=O) groups excluding carboxylic acids is 3. The molecule has 1 aromatic rings. The highest BCUT2D eigenvalue weighted by Crippen LogP contribution is 2.13. The largest absolute Gasteiger partial charge is 0.462 e. The van der Waals surface area contributed by atoms with E-state index in [4.69, 9.17) is 10.5 Å². The van der Waals surface area contributed by atoms with E-state index >= 15 is 0 Å². The third-order valence-corrected chi connectivity index (χ3v) is 3.00. The van der Waals surface area contributed by atoms with Crippen molar-refractivity contribution in [3.05, 3.63) is 29.8 Å². The van der Waals surface area contributed by atoms with Crippen molar-refractivity contribution < 1.29 is 19.1 Å². The smallest absolute Gasteiger partial charge is 0.338 e. The van der Waals surface area contributed by atoms with Crippen molar-refractivity contribution >= 4 is 23.6 Å². The van der Waals surface area contributed by atoms with Gasteiger partial charge in [-0.2, -0.15) is 0 Å². The van der Waals surface area contributed by atoms with Gasteiger partial charge in [-0.05, 0) is 43.5 Å². The minimum absolute atomic E-state index is 0.212. The molecule has 126 valence electrons. The van der Waals surface area contributed by atoms with E-state index in [-0.39, 0.29) is 11.8 Å². The van der Waals surface area contributed by atoms with Crippen LogP contribution >= 0.6 is 0 Å². The van der Waals surface area contributed by atoms with Crippen molar-refractivity contribution in [3.8, 4) is 0 Å². The van der Waals surface area contributed by atoms with Crippen LogP contribution in [0.3, 0.4) is 0 Å². The van der Waals surface area contributed by atoms with Gasteiger partial charge in [0, 0.05) is 5.69 Å². The zero-order chi connectivity index (χ0) is 17.4. The molecular weight excluding hydrogens is 298 g/mol. The van der Waals surface area contributed by atoms with Crippen molar-refractivity contribution in [1.82, 2.24) is 5.32 Å². The topological polar surface area (TPSA) is 111 Å². The van der Waals surface area contributed by atoms with E-state index in [2.05, 4.69) is 10.6 Å². The Balaban J connectivity index is 2.74. The summed E-state index contributed by atoms with van der Waals surface area (Å²) >= 11 is 0. The molecule has 1 rings (SSSR count). The Morgan fingerprint density at radius 2 is 1.78 bits per heavy atom. The number of benzene rings is 1. The summed E-state index contributed by atoms with van der Waals surface area (Å²) in [6.45, 7) is 5.91. The highest BCUT2D eigenvalue weighted by molar-refractivity contribution is 5.97. The third-order valence-electron chi connectivity index (χ3n) is 3.00. The monoisotopic (exact) mass is 321 g/mol. The molecular formula is C16H23N3O4. The van der Waals surface area contributed by atoms with Crippen LogP contribution in [0.4, 0.5) is 10.5 Å². The van der Waals surface area contributed by atoms with Crippen LogP contribution in [-0.4, -0.2) is 30.6 Å². The van der Waals surface area contributed by atoms with E-state index in [1.54, 1.807) is 31.2 Å². The number of amides is 3. The summed E-state index contributed by atoms with van der Waals surface area (Å²) in [5.74, 6) is -0.566. The molecule has 7 heteroatoms. The molecule has 0 radical (unpaired) electrons. The number of esters is 1. The second-order valence-corrected chi connectivity index (χ2v) is 5.48. The lowest BCUT2D eigenvalue weighted by atomic mass is 10.0. The van der Waals surface area contributed by atoms with Crippen LogP contribution in [0.5, 0.6) is 0 Å². The van der Waals surface area contributed by atoms with Crippen LogP contribution in [0, 0.1) is 5.92 Å². The molecule has 1 atom stereocenters. The van der Waals surface area contributed by atoms with Crippen molar-refractivity contribution in [2.24, 2.45) is 11.7 Å². The molecule has 0 heterocycles. The molecule has 1 unspecified atom stereocenters. The minimum Gasteiger partial charge on any atom is -0.462 e. The van der Waals surface area contributed by atoms with E-state index < -0.39 is 18.0 Å². The number of anilines is 1. The fraction of sp³-hybridized carbons (Fsp3) is 0.438. The summed E-state index contributed by atoms with van der Waals surface area (Å²) in [6, 6.07) is 4.86. The van der Waals surface area contributed by atoms with Crippen LogP contribution in [0.1, 0.15) is 37.6 Å². The SMILES string of the molecule is CCOC(=O)c1ccc(NC(=O)C(CC(C)C)NC(N)=O)cc1. The number of primary amides is 1. The van der Waals surface area contributed by atoms with Gasteiger partial charge in [0.2, 0.25) is 5.91 Å².